The first-order valence-electron chi connectivity index (χ1n) is 7.19. The van der Waals surface area contributed by atoms with Gasteiger partial charge in [0.25, 0.3) is 0 Å². The van der Waals surface area contributed by atoms with E-state index in [0.29, 0.717) is 0 Å². The van der Waals surface area contributed by atoms with Crippen molar-refractivity contribution < 1.29 is 0 Å². The van der Waals surface area contributed by atoms with Gasteiger partial charge in [-0.15, -0.1) is 11.3 Å². The number of nitrogens with zero attached hydrogens (tertiary/aromatic N) is 2. The highest BCUT2D eigenvalue weighted by Gasteiger charge is 2.21. The normalized spacial score (nSPS) is 15.1. The van der Waals surface area contributed by atoms with Gasteiger partial charge in [0, 0.05) is 30.6 Å². The Morgan fingerprint density at radius 3 is 2.78 bits per heavy atom. The molecule has 1 aromatic rings. The van der Waals surface area contributed by atoms with Crippen molar-refractivity contribution in [2.75, 3.05) is 18.0 Å². The average molecular weight is 267 g/mol. The van der Waals surface area contributed by atoms with Crippen molar-refractivity contribution in [2.24, 2.45) is 0 Å². The Labute approximate surface area is 115 Å². The van der Waals surface area contributed by atoms with Crippen molar-refractivity contribution in [2.45, 2.75) is 59.0 Å². The van der Waals surface area contributed by atoms with Crippen LogP contribution in [-0.2, 0) is 6.54 Å². The molecular formula is C14H25N3S. The second-order valence-corrected chi connectivity index (χ2v) is 6.16. The lowest BCUT2D eigenvalue weighted by Gasteiger charge is -2.19. The highest BCUT2D eigenvalue weighted by molar-refractivity contribution is 7.15. The molecule has 1 N–H and O–H groups in total. The predicted octanol–water partition coefficient (Wildman–Crippen LogP) is 3.33. The van der Waals surface area contributed by atoms with Gasteiger partial charge in [-0.1, -0.05) is 13.3 Å². The third kappa shape index (κ3) is 3.69. The minimum absolute atomic E-state index is 0.775. The lowest BCUT2D eigenvalue weighted by Crippen LogP contribution is -2.23. The van der Waals surface area contributed by atoms with Gasteiger partial charge in [0.2, 0.25) is 0 Å². The van der Waals surface area contributed by atoms with E-state index in [1.807, 2.05) is 11.3 Å². The monoisotopic (exact) mass is 267 g/mol. The molecule has 4 heteroatoms. The zero-order chi connectivity index (χ0) is 13.0. The number of rotatable bonds is 8. The van der Waals surface area contributed by atoms with Crippen LogP contribution in [0.15, 0.2) is 0 Å². The second kappa shape index (κ2) is 6.53. The second-order valence-electron chi connectivity index (χ2n) is 5.09. The summed E-state index contributed by atoms with van der Waals surface area (Å²) < 4.78 is 0. The van der Waals surface area contributed by atoms with Crippen LogP contribution >= 0.6 is 11.3 Å². The topological polar surface area (TPSA) is 28.2 Å². The number of hydrogen-bond donors (Lipinski definition) is 1. The summed E-state index contributed by atoms with van der Waals surface area (Å²) >= 11 is 1.86. The van der Waals surface area contributed by atoms with Gasteiger partial charge < -0.3 is 10.2 Å². The van der Waals surface area contributed by atoms with Crippen LogP contribution in [0.4, 0.5) is 5.13 Å². The largest absolute Gasteiger partial charge is 0.348 e. The van der Waals surface area contributed by atoms with E-state index in [1.165, 1.54) is 41.4 Å². The summed E-state index contributed by atoms with van der Waals surface area (Å²) in [6, 6.07) is 0.775. The van der Waals surface area contributed by atoms with Crippen molar-refractivity contribution in [3.63, 3.8) is 0 Å². The van der Waals surface area contributed by atoms with E-state index < -0.39 is 0 Å². The van der Waals surface area contributed by atoms with Crippen LogP contribution in [0.3, 0.4) is 0 Å². The van der Waals surface area contributed by atoms with Crippen molar-refractivity contribution in [1.29, 1.82) is 0 Å². The predicted molar refractivity (Wildman–Crippen MR) is 79.5 cm³/mol. The molecule has 0 aromatic carbocycles. The summed E-state index contributed by atoms with van der Waals surface area (Å²) in [7, 11) is 0. The van der Waals surface area contributed by atoms with Gasteiger partial charge in [0.15, 0.2) is 5.13 Å². The van der Waals surface area contributed by atoms with Crippen LogP contribution < -0.4 is 10.2 Å². The SMILES string of the molecule is CCCCN(CC)c1nc(C)c(CNC2CC2)s1. The van der Waals surface area contributed by atoms with Crippen molar-refractivity contribution in [3.8, 4) is 0 Å². The summed E-state index contributed by atoms with van der Waals surface area (Å²) in [5, 5.41) is 4.78. The van der Waals surface area contributed by atoms with Gasteiger partial charge in [-0.25, -0.2) is 4.98 Å². The lowest BCUT2D eigenvalue weighted by atomic mass is 10.3. The molecule has 0 unspecified atom stereocenters. The van der Waals surface area contributed by atoms with E-state index in [9.17, 15) is 0 Å². The van der Waals surface area contributed by atoms with Gasteiger partial charge in [0.1, 0.15) is 0 Å². The van der Waals surface area contributed by atoms with E-state index >= 15 is 0 Å². The van der Waals surface area contributed by atoms with E-state index in [2.05, 4.69) is 31.0 Å². The molecule has 2 rings (SSSR count). The smallest absolute Gasteiger partial charge is 0.185 e. The quantitative estimate of drug-likeness (QED) is 0.783. The maximum atomic E-state index is 4.74. The molecule has 0 saturated heterocycles. The summed E-state index contributed by atoms with van der Waals surface area (Å²) in [5.74, 6) is 0. The molecule has 1 aromatic heterocycles. The molecule has 1 fully saturated rings. The zero-order valence-corrected chi connectivity index (χ0v) is 12.6. The first-order chi connectivity index (χ1) is 8.74. The Bertz CT molecular complexity index is 371. The molecule has 18 heavy (non-hydrogen) atoms. The maximum Gasteiger partial charge on any atom is 0.185 e. The number of hydrogen-bond acceptors (Lipinski definition) is 4. The van der Waals surface area contributed by atoms with E-state index in [-0.39, 0.29) is 0 Å². The first-order valence-corrected chi connectivity index (χ1v) is 8.00. The van der Waals surface area contributed by atoms with Crippen molar-refractivity contribution in [1.82, 2.24) is 10.3 Å². The third-order valence-electron chi connectivity index (χ3n) is 3.44. The molecule has 0 spiro atoms. The molecular weight excluding hydrogens is 242 g/mol. The van der Waals surface area contributed by atoms with Gasteiger partial charge in [-0.3, -0.25) is 0 Å². The zero-order valence-electron chi connectivity index (χ0n) is 11.8. The Morgan fingerprint density at radius 1 is 1.39 bits per heavy atom. The van der Waals surface area contributed by atoms with Crippen LogP contribution in [0.1, 0.15) is 50.1 Å². The molecule has 0 radical (unpaired) electrons. The standard InChI is InChI=1S/C14H25N3S/c1-4-6-9-17(5-2)14-16-11(3)13(18-14)10-15-12-7-8-12/h12,15H,4-10H2,1-3H3. The summed E-state index contributed by atoms with van der Waals surface area (Å²) in [6.45, 7) is 9.79. The number of anilines is 1. The summed E-state index contributed by atoms with van der Waals surface area (Å²) in [6.07, 6.45) is 5.20. The lowest BCUT2D eigenvalue weighted by molar-refractivity contribution is 0.691. The van der Waals surface area contributed by atoms with Gasteiger partial charge >= 0.3 is 0 Å². The maximum absolute atomic E-state index is 4.74. The average Bonchev–Trinajstić information content (AvgIpc) is 3.12. The third-order valence-corrected chi connectivity index (χ3v) is 4.66. The fourth-order valence-corrected chi connectivity index (χ4v) is 3.08. The van der Waals surface area contributed by atoms with Crippen molar-refractivity contribution >= 4 is 16.5 Å². The number of unbranched alkanes of at least 4 members (excludes halogenated alkanes) is 1. The molecule has 1 aliphatic rings. The number of aryl methyl sites for hydroxylation is 1. The van der Waals surface area contributed by atoms with E-state index in [1.54, 1.807) is 0 Å². The van der Waals surface area contributed by atoms with E-state index in [0.717, 1.165) is 25.7 Å². The highest BCUT2D eigenvalue weighted by Crippen LogP contribution is 2.27. The van der Waals surface area contributed by atoms with Crippen LogP contribution in [0.25, 0.3) is 0 Å². The Kier molecular flexibility index (Phi) is 5.01. The molecule has 1 aliphatic carbocycles. The Balaban J connectivity index is 1.95. The molecule has 0 amide bonds. The molecule has 1 saturated carbocycles. The van der Waals surface area contributed by atoms with Crippen LogP contribution in [-0.4, -0.2) is 24.1 Å². The molecule has 102 valence electrons. The molecule has 0 atom stereocenters. The van der Waals surface area contributed by atoms with E-state index in [4.69, 9.17) is 4.98 Å². The van der Waals surface area contributed by atoms with Gasteiger partial charge in [0.05, 0.1) is 5.69 Å². The number of aromatic nitrogens is 1. The molecule has 3 nitrogen and oxygen atoms in total. The Morgan fingerprint density at radius 2 is 2.17 bits per heavy atom. The molecule has 1 heterocycles. The Hall–Kier alpha value is -0.610. The molecule has 0 bridgehead atoms. The summed E-state index contributed by atoms with van der Waals surface area (Å²) in [4.78, 5) is 8.55. The fourth-order valence-electron chi connectivity index (χ4n) is 1.97. The van der Waals surface area contributed by atoms with Gasteiger partial charge in [-0.2, -0.15) is 0 Å². The minimum atomic E-state index is 0.775. The van der Waals surface area contributed by atoms with Gasteiger partial charge in [-0.05, 0) is 33.1 Å². The fraction of sp³-hybridized carbons (Fsp3) is 0.786. The van der Waals surface area contributed by atoms with Crippen LogP contribution in [0.5, 0.6) is 0 Å². The minimum Gasteiger partial charge on any atom is -0.348 e. The number of nitrogens with one attached hydrogen (secondary N) is 1. The summed E-state index contributed by atoms with van der Waals surface area (Å²) in [5.41, 5.74) is 1.21. The van der Waals surface area contributed by atoms with Crippen LogP contribution in [0.2, 0.25) is 0 Å². The number of thiazole rings is 1. The van der Waals surface area contributed by atoms with Crippen LogP contribution in [0, 0.1) is 6.92 Å². The van der Waals surface area contributed by atoms with Crippen molar-refractivity contribution in [3.05, 3.63) is 10.6 Å². The molecule has 0 aliphatic heterocycles. The first kappa shape index (κ1) is 13.8. The highest BCUT2D eigenvalue weighted by atomic mass is 32.1.